The van der Waals surface area contributed by atoms with Crippen LogP contribution in [0.15, 0.2) is 36.4 Å². The van der Waals surface area contributed by atoms with Gasteiger partial charge in [0.15, 0.2) is 0 Å². The van der Waals surface area contributed by atoms with Gasteiger partial charge in [-0.05, 0) is 55.7 Å². The molecule has 0 unspecified atom stereocenters. The molecule has 2 rings (SSSR count). The molecule has 12 heteroatoms. The molecule has 0 heterocycles. The first-order valence-corrected chi connectivity index (χ1v) is 16.5. The average molecular weight is 673 g/mol. The molecule has 0 aliphatic carbocycles. The molecule has 0 saturated heterocycles. The number of rotatable bonds is 21. The maximum atomic E-state index is 12.7. The van der Waals surface area contributed by atoms with Crippen molar-refractivity contribution < 1.29 is 58.3 Å². The molecule has 12 nitrogen and oxygen atoms in total. The van der Waals surface area contributed by atoms with Crippen LogP contribution < -0.4 is 0 Å². The quantitative estimate of drug-likeness (QED) is 0.0667. The first kappa shape index (κ1) is 41.3. The summed E-state index contributed by atoms with van der Waals surface area (Å²) in [6.45, 7) is 7.25. The third-order valence-corrected chi connectivity index (χ3v) is 7.12. The van der Waals surface area contributed by atoms with Gasteiger partial charge < -0.3 is 29.5 Å². The minimum absolute atomic E-state index is 0.0458. The highest BCUT2D eigenvalue weighted by molar-refractivity contribution is 6.05. The molecular weight excluding hydrogens is 624 g/mol. The van der Waals surface area contributed by atoms with Crippen molar-refractivity contribution in [3.05, 3.63) is 69.8 Å². The molecule has 0 fully saturated rings. The molecule has 0 aliphatic heterocycles. The number of aromatic carboxylic acids is 3. The van der Waals surface area contributed by atoms with Crippen molar-refractivity contribution in [2.45, 2.75) is 97.8 Å². The summed E-state index contributed by atoms with van der Waals surface area (Å²) in [5.41, 5.74) is -0.858. The van der Waals surface area contributed by atoms with Crippen LogP contribution in [0, 0.1) is 0 Å². The third kappa shape index (κ3) is 15.2. The normalized spacial score (nSPS) is 10.3. The highest BCUT2D eigenvalue weighted by Gasteiger charge is 2.22. The fourth-order valence-corrected chi connectivity index (χ4v) is 4.38. The average Bonchev–Trinajstić information content (AvgIpc) is 3.07. The molecular formula is C36H48O12. The van der Waals surface area contributed by atoms with Crippen LogP contribution in [-0.4, -0.2) is 71.0 Å². The molecule has 48 heavy (non-hydrogen) atoms. The number of carboxylic acids is 3. The van der Waals surface area contributed by atoms with Gasteiger partial charge >= 0.3 is 35.8 Å². The Balaban J connectivity index is 0.000000637. The van der Waals surface area contributed by atoms with E-state index in [1.54, 1.807) is 0 Å². The number of benzene rings is 2. The van der Waals surface area contributed by atoms with E-state index in [-0.39, 0.29) is 28.9 Å². The zero-order chi connectivity index (χ0) is 35.9. The molecule has 0 radical (unpaired) electrons. The summed E-state index contributed by atoms with van der Waals surface area (Å²) in [6.07, 6.45) is 11.8. The minimum atomic E-state index is -1.48. The van der Waals surface area contributed by atoms with E-state index >= 15 is 0 Å². The van der Waals surface area contributed by atoms with Crippen molar-refractivity contribution in [3.8, 4) is 0 Å². The van der Waals surface area contributed by atoms with Crippen LogP contribution in [0.25, 0.3) is 0 Å². The Kier molecular flexibility index (Phi) is 20.3. The Morgan fingerprint density at radius 1 is 0.438 bits per heavy atom. The summed E-state index contributed by atoms with van der Waals surface area (Å²) in [5, 5.41) is 25.9. The molecule has 0 amide bonds. The van der Waals surface area contributed by atoms with Crippen molar-refractivity contribution in [1.82, 2.24) is 0 Å². The summed E-state index contributed by atoms with van der Waals surface area (Å²) in [7, 11) is 0. The zero-order valence-electron chi connectivity index (χ0n) is 28.1. The minimum Gasteiger partial charge on any atom is -0.478 e. The standard InChI is InChI=1S/C27H42O6.C9H6O6/c1-4-7-10-13-18-31-25(28)22-16-17-23(26(29)32-19-14-11-8-5-2)24(21-22)27(30)33-20-15-12-9-6-3;10-7(11)4-1-2-5(8(12)13)6(3-4)9(14)15/h16-17,21H,4-15,18-20H2,1-3H3;1-3H,(H,10,11)(H,12,13)(H,14,15). The lowest BCUT2D eigenvalue weighted by Crippen LogP contribution is -2.17. The van der Waals surface area contributed by atoms with Gasteiger partial charge in [0.25, 0.3) is 0 Å². The van der Waals surface area contributed by atoms with E-state index in [9.17, 15) is 28.8 Å². The largest absolute Gasteiger partial charge is 0.478 e. The van der Waals surface area contributed by atoms with Crippen LogP contribution >= 0.6 is 0 Å². The van der Waals surface area contributed by atoms with Crippen molar-refractivity contribution in [3.63, 3.8) is 0 Å². The van der Waals surface area contributed by atoms with E-state index in [1.807, 2.05) is 0 Å². The lowest BCUT2D eigenvalue weighted by atomic mass is 10.0. The van der Waals surface area contributed by atoms with Crippen molar-refractivity contribution in [1.29, 1.82) is 0 Å². The summed E-state index contributed by atoms with van der Waals surface area (Å²) in [4.78, 5) is 69.6. The molecule has 0 saturated carbocycles. The van der Waals surface area contributed by atoms with Crippen LogP contribution in [0.3, 0.4) is 0 Å². The number of carbonyl (C=O) groups is 6. The number of esters is 3. The molecule has 0 aromatic heterocycles. The first-order chi connectivity index (χ1) is 23.0. The van der Waals surface area contributed by atoms with E-state index in [0.29, 0.717) is 13.2 Å². The molecule has 0 spiro atoms. The summed E-state index contributed by atoms with van der Waals surface area (Å²) >= 11 is 0. The maximum absolute atomic E-state index is 12.7. The van der Waals surface area contributed by atoms with E-state index in [2.05, 4.69) is 20.8 Å². The lowest BCUT2D eigenvalue weighted by Gasteiger charge is -2.12. The van der Waals surface area contributed by atoms with Crippen molar-refractivity contribution in [2.75, 3.05) is 19.8 Å². The SMILES string of the molecule is CCCCCCOC(=O)c1ccc(C(=O)OCCCCCC)c(C(=O)OCCCCCC)c1.O=C(O)c1ccc(C(=O)O)c(C(=O)O)c1. The monoisotopic (exact) mass is 672 g/mol. The van der Waals surface area contributed by atoms with Gasteiger partial charge in [-0.2, -0.15) is 0 Å². The van der Waals surface area contributed by atoms with Crippen LogP contribution in [0.4, 0.5) is 0 Å². The predicted molar refractivity (Wildman–Crippen MR) is 177 cm³/mol. The fourth-order valence-electron chi connectivity index (χ4n) is 4.38. The van der Waals surface area contributed by atoms with Gasteiger partial charge in [-0.3, -0.25) is 0 Å². The van der Waals surface area contributed by atoms with Gasteiger partial charge in [-0.1, -0.05) is 78.6 Å². The second-order valence-corrected chi connectivity index (χ2v) is 11.0. The van der Waals surface area contributed by atoms with Crippen LogP contribution in [0.2, 0.25) is 0 Å². The smallest absolute Gasteiger partial charge is 0.339 e. The fraction of sp³-hybridized carbons (Fsp3) is 0.500. The van der Waals surface area contributed by atoms with E-state index in [4.69, 9.17) is 29.5 Å². The molecule has 264 valence electrons. The van der Waals surface area contributed by atoms with Crippen LogP contribution in [-0.2, 0) is 14.2 Å². The van der Waals surface area contributed by atoms with E-state index in [1.165, 1.54) is 18.2 Å². The first-order valence-electron chi connectivity index (χ1n) is 16.5. The molecule has 2 aromatic rings. The topological polar surface area (TPSA) is 191 Å². The summed E-state index contributed by atoms with van der Waals surface area (Å²) in [5.74, 6) is -5.91. The number of unbranched alkanes of at least 4 members (excludes halogenated alkanes) is 9. The summed E-state index contributed by atoms with van der Waals surface area (Å²) < 4.78 is 16.1. The number of carboxylic acid groups (broad SMARTS) is 3. The van der Waals surface area contributed by atoms with Gasteiger partial charge in [0.2, 0.25) is 0 Å². The highest BCUT2D eigenvalue weighted by Crippen LogP contribution is 2.18. The Hall–Kier alpha value is -4.74. The third-order valence-electron chi connectivity index (χ3n) is 7.12. The maximum Gasteiger partial charge on any atom is 0.339 e. The highest BCUT2D eigenvalue weighted by atomic mass is 16.5. The number of hydrogen-bond acceptors (Lipinski definition) is 9. The molecule has 0 bridgehead atoms. The van der Waals surface area contributed by atoms with Gasteiger partial charge in [-0.15, -0.1) is 0 Å². The van der Waals surface area contributed by atoms with Crippen LogP contribution in [0.5, 0.6) is 0 Å². The Morgan fingerprint density at radius 2 is 0.833 bits per heavy atom. The number of carbonyl (C=O) groups excluding carboxylic acids is 3. The zero-order valence-corrected chi connectivity index (χ0v) is 28.1. The predicted octanol–water partition coefficient (Wildman–Crippen LogP) is 7.68. The summed E-state index contributed by atoms with van der Waals surface area (Å²) in [6, 6.07) is 7.15. The molecule has 0 aliphatic rings. The van der Waals surface area contributed by atoms with Gasteiger partial charge in [0.1, 0.15) is 0 Å². The Morgan fingerprint density at radius 3 is 1.27 bits per heavy atom. The van der Waals surface area contributed by atoms with Crippen molar-refractivity contribution in [2.24, 2.45) is 0 Å². The van der Waals surface area contributed by atoms with E-state index < -0.39 is 46.9 Å². The number of ether oxygens (including phenoxy) is 3. The second-order valence-electron chi connectivity index (χ2n) is 11.0. The second kappa shape index (κ2) is 23.6. The van der Waals surface area contributed by atoms with Gasteiger partial charge in [0, 0.05) is 0 Å². The van der Waals surface area contributed by atoms with Crippen LogP contribution in [0.1, 0.15) is 160 Å². The number of hydrogen-bond donors (Lipinski definition) is 3. The van der Waals surface area contributed by atoms with Gasteiger partial charge in [0.05, 0.1) is 53.2 Å². The Bertz CT molecular complexity index is 1360. The van der Waals surface area contributed by atoms with Crippen molar-refractivity contribution >= 4 is 35.8 Å². The Labute approximate surface area is 281 Å². The lowest BCUT2D eigenvalue weighted by molar-refractivity contribution is 0.0448. The molecule has 2 aromatic carbocycles. The molecule has 3 N–H and O–H groups in total. The van der Waals surface area contributed by atoms with Gasteiger partial charge in [-0.25, -0.2) is 28.8 Å². The van der Waals surface area contributed by atoms with E-state index in [0.717, 1.165) is 95.2 Å². The molecule has 0 atom stereocenters.